The predicted octanol–water partition coefficient (Wildman–Crippen LogP) is 5.29. The van der Waals surface area contributed by atoms with Gasteiger partial charge in [-0.1, -0.05) is 69.3 Å². The van der Waals surface area contributed by atoms with E-state index in [0.29, 0.717) is 34.5 Å². The van der Waals surface area contributed by atoms with Crippen LogP contribution in [0.3, 0.4) is 0 Å². The third-order valence-electron chi connectivity index (χ3n) is 12.7. The van der Waals surface area contributed by atoms with E-state index in [1.54, 1.807) is 19.2 Å². The average molecular weight is 726 g/mol. The van der Waals surface area contributed by atoms with E-state index < -0.39 is 12.1 Å². The van der Waals surface area contributed by atoms with Crippen LogP contribution in [0.2, 0.25) is 0 Å². The Morgan fingerprint density at radius 1 is 1.08 bits per heavy atom. The second kappa shape index (κ2) is 16.2. The summed E-state index contributed by atoms with van der Waals surface area (Å²) in [6.07, 6.45) is 2.47. The Bertz CT molecular complexity index is 1750. The van der Waals surface area contributed by atoms with Gasteiger partial charge in [-0.25, -0.2) is 0 Å². The molecule has 0 aromatic heterocycles. The molecule has 4 aliphatic rings. The molecular weight excluding hydrogens is 667 g/mol. The highest BCUT2D eigenvalue weighted by molar-refractivity contribution is 5.97. The minimum Gasteiger partial charge on any atom is -0.496 e. The van der Waals surface area contributed by atoms with E-state index in [4.69, 9.17) is 9.57 Å². The fourth-order valence-corrected chi connectivity index (χ4v) is 9.38. The minimum atomic E-state index is -0.657. The van der Waals surface area contributed by atoms with Crippen molar-refractivity contribution < 1.29 is 24.3 Å². The van der Waals surface area contributed by atoms with E-state index in [1.165, 1.54) is 12.0 Å². The monoisotopic (exact) mass is 725 g/mol. The summed E-state index contributed by atoms with van der Waals surface area (Å²) in [6, 6.07) is 21.4. The van der Waals surface area contributed by atoms with Crippen molar-refractivity contribution in [3.63, 3.8) is 0 Å². The maximum atomic E-state index is 14.7. The molecule has 1 saturated heterocycles. The smallest absolute Gasteiger partial charge is 0.251 e. The number of nitrogens with zero attached hydrogens (tertiary/aromatic N) is 2. The Balaban J connectivity index is 1.31. The number of methoxy groups -OCH3 is 1. The van der Waals surface area contributed by atoms with Crippen LogP contribution >= 0.6 is 0 Å². The lowest BCUT2D eigenvalue weighted by atomic mass is 9.45. The van der Waals surface area contributed by atoms with Crippen molar-refractivity contribution in [2.45, 2.75) is 77.7 Å². The molecule has 10 nitrogen and oxygen atoms in total. The summed E-state index contributed by atoms with van der Waals surface area (Å²) in [7, 11) is 7.15. The van der Waals surface area contributed by atoms with Crippen molar-refractivity contribution in [1.82, 2.24) is 21.0 Å². The first-order chi connectivity index (χ1) is 25.4. The lowest BCUT2D eigenvalue weighted by Gasteiger charge is -2.62. The van der Waals surface area contributed by atoms with E-state index in [2.05, 4.69) is 55.8 Å². The molecule has 4 N–H and O–H groups in total. The zero-order chi connectivity index (χ0) is 38.0. The highest BCUT2D eigenvalue weighted by atomic mass is 16.7. The first kappa shape index (κ1) is 38.8. The van der Waals surface area contributed by atoms with Crippen molar-refractivity contribution in [1.29, 1.82) is 0 Å². The molecule has 3 aliphatic carbocycles. The van der Waals surface area contributed by atoms with Gasteiger partial charge in [0.25, 0.3) is 5.91 Å². The fraction of sp³-hybridized carbons (Fsp3) is 0.535. The Kier molecular flexibility index (Phi) is 11.8. The van der Waals surface area contributed by atoms with Crippen LogP contribution in [0.4, 0.5) is 5.69 Å². The SMILES string of the molecule is CNC(=O)c1cc(-c2cccc(CN3O[C@@H](CO)[C@@H]([C@H](C)NCCc4ccccc4)[C@H]3C(=O)N[C@H]3C[C@H]4C[C@H]([C@@H]3C)C4(C)C)c2OC)cc(N(C)C)c1. The van der Waals surface area contributed by atoms with Gasteiger partial charge in [-0.05, 0) is 85.2 Å². The number of hydroxylamine groups is 2. The number of carbonyl (C=O) groups is 2. The van der Waals surface area contributed by atoms with Crippen LogP contribution in [0.25, 0.3) is 11.1 Å². The molecule has 2 bridgehead atoms. The number of nitrogens with one attached hydrogen (secondary N) is 3. The van der Waals surface area contributed by atoms with Crippen LogP contribution in [0.15, 0.2) is 66.7 Å². The molecule has 2 amide bonds. The number of para-hydroxylation sites is 1. The van der Waals surface area contributed by atoms with E-state index >= 15 is 0 Å². The number of rotatable bonds is 14. The molecule has 53 heavy (non-hydrogen) atoms. The molecule has 3 aromatic carbocycles. The number of amides is 2. The number of ether oxygens (including phenoxy) is 1. The maximum absolute atomic E-state index is 14.7. The molecule has 0 radical (unpaired) electrons. The number of fused-ring (bicyclic) bond motifs is 2. The number of benzene rings is 3. The predicted molar refractivity (Wildman–Crippen MR) is 210 cm³/mol. The minimum absolute atomic E-state index is 0.0670. The first-order valence-electron chi connectivity index (χ1n) is 19.2. The standard InChI is InChI=1S/C43H59N5O5/c1-26-35-22-32(43(35,3)4)23-36(26)46-42(51)39-38(27(2)45-18-17-28-13-10-9-11-14-28)37(25-49)53-48(39)24-29-15-12-16-34(40(29)52-8)30-19-31(41(50)44-5)21-33(20-30)47(6)7/h9-16,19-21,26-27,32,35-39,45,49H,17-18,22-25H2,1-8H3,(H,44,50)(H,46,51)/t26-,27-,32+,35+,36-,37-,38+,39-/m0/s1. The molecule has 0 spiro atoms. The topological polar surface area (TPSA) is 115 Å². The van der Waals surface area contributed by atoms with Crippen LogP contribution in [0, 0.1) is 29.1 Å². The zero-order valence-corrected chi connectivity index (χ0v) is 32.7. The van der Waals surface area contributed by atoms with E-state index in [0.717, 1.165) is 41.8 Å². The van der Waals surface area contributed by atoms with Crippen LogP contribution < -0.4 is 25.6 Å². The molecular formula is C43H59N5O5. The molecule has 7 rings (SSSR count). The molecule has 3 aromatic rings. The number of aliphatic hydroxyl groups excluding tert-OH is 1. The third kappa shape index (κ3) is 7.83. The Morgan fingerprint density at radius 3 is 2.47 bits per heavy atom. The second-order valence-corrected chi connectivity index (χ2v) is 16.2. The molecule has 4 fully saturated rings. The highest BCUT2D eigenvalue weighted by Gasteiger charge is 2.57. The van der Waals surface area contributed by atoms with Gasteiger partial charge in [0.1, 0.15) is 17.9 Å². The number of aliphatic hydroxyl groups is 1. The van der Waals surface area contributed by atoms with E-state index in [1.807, 2.05) is 73.6 Å². The average Bonchev–Trinajstić information content (AvgIpc) is 3.53. The number of hydrogen-bond acceptors (Lipinski definition) is 8. The normalized spacial score (nSPS) is 26.7. The molecule has 10 heteroatoms. The van der Waals surface area contributed by atoms with Crippen molar-refractivity contribution >= 4 is 17.5 Å². The second-order valence-electron chi connectivity index (χ2n) is 16.2. The number of anilines is 1. The van der Waals surface area contributed by atoms with Gasteiger partial charge in [0, 0.05) is 61.5 Å². The molecule has 1 heterocycles. The largest absolute Gasteiger partial charge is 0.496 e. The van der Waals surface area contributed by atoms with Crippen molar-refractivity contribution in [3.05, 3.63) is 83.4 Å². The van der Waals surface area contributed by atoms with E-state index in [9.17, 15) is 14.7 Å². The number of hydrogen-bond donors (Lipinski definition) is 4. The molecule has 0 unspecified atom stereocenters. The van der Waals surface area contributed by atoms with Crippen molar-refractivity contribution in [3.8, 4) is 16.9 Å². The van der Waals surface area contributed by atoms with Gasteiger partial charge >= 0.3 is 0 Å². The highest BCUT2D eigenvalue weighted by Crippen LogP contribution is 2.61. The maximum Gasteiger partial charge on any atom is 0.251 e. The Labute approximate surface area is 315 Å². The Morgan fingerprint density at radius 2 is 1.83 bits per heavy atom. The van der Waals surface area contributed by atoms with Gasteiger partial charge in [-0.15, -0.1) is 0 Å². The van der Waals surface area contributed by atoms with Crippen LogP contribution in [-0.4, -0.2) is 87.6 Å². The summed E-state index contributed by atoms with van der Waals surface area (Å²) in [4.78, 5) is 36.0. The summed E-state index contributed by atoms with van der Waals surface area (Å²) in [5, 5.41) is 22.4. The van der Waals surface area contributed by atoms with Gasteiger partial charge in [-0.3, -0.25) is 14.4 Å². The van der Waals surface area contributed by atoms with Gasteiger partial charge in [0.05, 0.1) is 20.3 Å². The van der Waals surface area contributed by atoms with E-state index in [-0.39, 0.29) is 43.0 Å². The molecule has 8 atom stereocenters. The van der Waals surface area contributed by atoms with Gasteiger partial charge < -0.3 is 30.7 Å². The Hall–Kier alpha value is -3.96. The van der Waals surface area contributed by atoms with Gasteiger partial charge in [0.15, 0.2) is 0 Å². The van der Waals surface area contributed by atoms with Crippen LogP contribution in [-0.2, 0) is 22.6 Å². The lowest BCUT2D eigenvalue weighted by Crippen LogP contribution is -2.62. The quantitative estimate of drug-likeness (QED) is 0.178. The molecule has 286 valence electrons. The van der Waals surface area contributed by atoms with Gasteiger partial charge in [0.2, 0.25) is 5.91 Å². The van der Waals surface area contributed by atoms with Gasteiger partial charge in [-0.2, -0.15) is 5.06 Å². The lowest BCUT2D eigenvalue weighted by molar-refractivity contribution is -0.183. The molecule has 1 aliphatic heterocycles. The van der Waals surface area contributed by atoms with Crippen molar-refractivity contribution in [2.24, 2.45) is 29.1 Å². The summed E-state index contributed by atoms with van der Waals surface area (Å²) in [5.41, 5.74) is 5.45. The van der Waals surface area contributed by atoms with Crippen LogP contribution in [0.5, 0.6) is 5.75 Å². The van der Waals surface area contributed by atoms with Crippen molar-refractivity contribution in [2.75, 3.05) is 46.3 Å². The summed E-state index contributed by atoms with van der Waals surface area (Å²) < 4.78 is 6.10. The molecule has 3 saturated carbocycles. The fourth-order valence-electron chi connectivity index (χ4n) is 9.38. The number of carbonyl (C=O) groups excluding carboxylic acids is 2. The van der Waals surface area contributed by atoms with Crippen LogP contribution in [0.1, 0.15) is 62.0 Å². The summed E-state index contributed by atoms with van der Waals surface area (Å²) in [6.45, 7) is 9.89. The first-order valence-corrected chi connectivity index (χ1v) is 19.2. The third-order valence-corrected chi connectivity index (χ3v) is 12.7. The summed E-state index contributed by atoms with van der Waals surface area (Å²) >= 11 is 0. The summed E-state index contributed by atoms with van der Waals surface area (Å²) in [5.74, 6) is 1.64. The zero-order valence-electron chi connectivity index (χ0n) is 32.7.